The zero-order chi connectivity index (χ0) is 22.1. The Morgan fingerprint density at radius 1 is 1.00 bits per heavy atom. The number of sulfonamides is 1. The minimum atomic E-state index is -4.57. The van der Waals surface area contributed by atoms with Crippen LogP contribution in [0.4, 0.5) is 13.2 Å². The molecule has 0 aromatic heterocycles. The molecule has 158 valence electrons. The van der Waals surface area contributed by atoms with Gasteiger partial charge < -0.3 is 0 Å². The molecule has 2 aromatic rings. The van der Waals surface area contributed by atoms with Gasteiger partial charge in [-0.15, -0.1) is 0 Å². The molecule has 0 atom stereocenters. The number of rotatable bonds is 5. The molecule has 0 spiro atoms. The summed E-state index contributed by atoms with van der Waals surface area (Å²) >= 11 is 1.95. The van der Waals surface area contributed by atoms with Crippen molar-refractivity contribution in [1.29, 1.82) is 0 Å². The first-order valence-corrected chi connectivity index (χ1v) is 11.4. The van der Waals surface area contributed by atoms with Crippen molar-refractivity contribution < 1.29 is 26.4 Å². The Balaban J connectivity index is 2.61. The Hall–Kier alpha value is -1.62. The summed E-state index contributed by atoms with van der Waals surface area (Å²) in [5.41, 5.74) is -0.586. The molecule has 0 aliphatic heterocycles. The van der Waals surface area contributed by atoms with Gasteiger partial charge >= 0.3 is 6.18 Å². The predicted octanol–water partition coefficient (Wildman–Crippen LogP) is 5.68. The second-order valence-corrected chi connectivity index (χ2v) is 10.2. The van der Waals surface area contributed by atoms with E-state index in [9.17, 15) is 26.4 Å². The van der Waals surface area contributed by atoms with E-state index in [1.54, 1.807) is 33.8 Å². The molecule has 0 aliphatic carbocycles. The topological polar surface area (TPSA) is 63.2 Å². The summed E-state index contributed by atoms with van der Waals surface area (Å²) in [5, 5.41) is 0. The molecule has 0 fully saturated rings. The van der Waals surface area contributed by atoms with Crippen LogP contribution in [0.15, 0.2) is 41.3 Å². The number of hydrogen-bond donors (Lipinski definition) is 1. The van der Waals surface area contributed by atoms with Crippen LogP contribution in [-0.4, -0.2) is 14.3 Å². The van der Waals surface area contributed by atoms with Crippen molar-refractivity contribution in [2.45, 2.75) is 50.6 Å². The van der Waals surface area contributed by atoms with Crippen molar-refractivity contribution in [3.63, 3.8) is 0 Å². The van der Waals surface area contributed by atoms with Gasteiger partial charge in [0, 0.05) is 9.13 Å². The Labute approximate surface area is 182 Å². The van der Waals surface area contributed by atoms with E-state index in [0.717, 1.165) is 12.1 Å². The molecule has 1 amide bonds. The van der Waals surface area contributed by atoms with Crippen LogP contribution < -0.4 is 4.72 Å². The molecular weight excluding hydrogens is 518 g/mol. The number of benzene rings is 2. The molecule has 1 N–H and O–H groups in total. The molecule has 0 bridgehead atoms. The van der Waals surface area contributed by atoms with Gasteiger partial charge in [0.05, 0.1) is 10.5 Å². The predicted molar refractivity (Wildman–Crippen MR) is 113 cm³/mol. The average molecular weight is 539 g/mol. The normalized spacial score (nSPS) is 12.5. The molecule has 0 saturated heterocycles. The number of hydrogen-bond acceptors (Lipinski definition) is 3. The third kappa shape index (κ3) is 5.50. The van der Waals surface area contributed by atoms with E-state index >= 15 is 0 Å². The molecule has 0 unspecified atom stereocenters. The number of amides is 1. The van der Waals surface area contributed by atoms with Gasteiger partial charge in [0.1, 0.15) is 0 Å². The highest BCUT2D eigenvalue weighted by Crippen LogP contribution is 2.37. The molecular formula is C20H21F3INO3S. The average Bonchev–Trinajstić information content (AvgIpc) is 2.59. The second kappa shape index (κ2) is 8.63. The van der Waals surface area contributed by atoms with Gasteiger partial charge in [0.15, 0.2) is 0 Å². The fourth-order valence-corrected chi connectivity index (χ4v) is 4.65. The number of carbonyl (C=O) groups is 1. The number of halogens is 4. The van der Waals surface area contributed by atoms with E-state index in [4.69, 9.17) is 0 Å². The fraction of sp³-hybridized carbons (Fsp3) is 0.350. The summed E-state index contributed by atoms with van der Waals surface area (Å²) in [7, 11) is -4.18. The van der Waals surface area contributed by atoms with E-state index in [-0.39, 0.29) is 21.6 Å². The van der Waals surface area contributed by atoms with Crippen LogP contribution in [0.2, 0.25) is 0 Å². The highest BCUT2D eigenvalue weighted by atomic mass is 127. The number of nitrogens with one attached hydrogen (secondary N) is 1. The van der Waals surface area contributed by atoms with Gasteiger partial charge in [0.25, 0.3) is 15.9 Å². The van der Waals surface area contributed by atoms with Crippen molar-refractivity contribution in [2.24, 2.45) is 0 Å². The Morgan fingerprint density at radius 3 is 1.93 bits per heavy atom. The number of alkyl halides is 3. The third-order valence-electron chi connectivity index (χ3n) is 4.33. The van der Waals surface area contributed by atoms with Gasteiger partial charge in [-0.25, -0.2) is 13.1 Å². The van der Waals surface area contributed by atoms with E-state index < -0.39 is 39.5 Å². The Kier molecular flexibility index (Phi) is 7.04. The SMILES string of the molecule is CC(C)c1cc(C(F)(F)F)cc(C(C)C)c1C(=O)NS(=O)(=O)c1cccc(I)c1. The smallest absolute Gasteiger partial charge is 0.268 e. The Morgan fingerprint density at radius 2 is 1.52 bits per heavy atom. The quantitative estimate of drug-likeness (QED) is 0.498. The third-order valence-corrected chi connectivity index (χ3v) is 6.33. The molecule has 2 rings (SSSR count). The number of carbonyl (C=O) groups excluding carboxylic acids is 1. The second-order valence-electron chi connectivity index (χ2n) is 7.23. The molecule has 0 heterocycles. The first-order chi connectivity index (χ1) is 13.2. The van der Waals surface area contributed by atoms with Crippen LogP contribution in [0.25, 0.3) is 0 Å². The first kappa shape index (κ1) is 23.7. The van der Waals surface area contributed by atoms with Crippen molar-refractivity contribution in [3.8, 4) is 0 Å². The molecule has 29 heavy (non-hydrogen) atoms. The van der Waals surface area contributed by atoms with Crippen LogP contribution in [0.5, 0.6) is 0 Å². The molecule has 0 saturated carbocycles. The van der Waals surface area contributed by atoms with Crippen molar-refractivity contribution >= 4 is 38.5 Å². The van der Waals surface area contributed by atoms with Crippen LogP contribution in [0.3, 0.4) is 0 Å². The summed E-state index contributed by atoms with van der Waals surface area (Å²) in [6.45, 7) is 6.63. The van der Waals surface area contributed by atoms with Gasteiger partial charge in [-0.3, -0.25) is 4.79 Å². The van der Waals surface area contributed by atoms with Gasteiger partial charge in [0.2, 0.25) is 0 Å². The lowest BCUT2D eigenvalue weighted by atomic mass is 9.86. The summed E-state index contributed by atoms with van der Waals surface area (Å²) in [6.07, 6.45) is -4.57. The lowest BCUT2D eigenvalue weighted by Crippen LogP contribution is -2.32. The zero-order valence-corrected chi connectivity index (χ0v) is 19.2. The van der Waals surface area contributed by atoms with Gasteiger partial charge in [-0.05, 0) is 75.9 Å². The largest absolute Gasteiger partial charge is 0.416 e. The summed E-state index contributed by atoms with van der Waals surface area (Å²) < 4.78 is 68.0. The van der Waals surface area contributed by atoms with Crippen LogP contribution in [-0.2, 0) is 16.2 Å². The highest BCUT2D eigenvalue weighted by Gasteiger charge is 2.34. The van der Waals surface area contributed by atoms with Crippen LogP contribution in [0, 0.1) is 3.57 Å². The lowest BCUT2D eigenvalue weighted by Gasteiger charge is -2.22. The monoisotopic (exact) mass is 539 g/mol. The van der Waals surface area contributed by atoms with Crippen molar-refractivity contribution in [2.75, 3.05) is 0 Å². The molecule has 0 radical (unpaired) electrons. The summed E-state index contributed by atoms with van der Waals surface area (Å²) in [6, 6.07) is 7.82. The Bertz CT molecular complexity index is 1000. The molecule has 2 aromatic carbocycles. The summed E-state index contributed by atoms with van der Waals surface area (Å²) in [4.78, 5) is 12.9. The highest BCUT2D eigenvalue weighted by molar-refractivity contribution is 14.1. The molecule has 9 heteroatoms. The van der Waals surface area contributed by atoms with E-state index in [1.165, 1.54) is 18.2 Å². The molecule has 4 nitrogen and oxygen atoms in total. The molecule has 0 aliphatic rings. The maximum atomic E-state index is 13.3. The summed E-state index contributed by atoms with van der Waals surface area (Å²) in [5.74, 6) is -1.78. The van der Waals surface area contributed by atoms with Crippen molar-refractivity contribution in [1.82, 2.24) is 4.72 Å². The zero-order valence-electron chi connectivity index (χ0n) is 16.3. The van der Waals surface area contributed by atoms with Gasteiger partial charge in [-0.2, -0.15) is 13.2 Å². The fourth-order valence-electron chi connectivity index (χ4n) is 2.89. The van der Waals surface area contributed by atoms with E-state index in [1.807, 2.05) is 27.3 Å². The maximum Gasteiger partial charge on any atom is 0.416 e. The standard InChI is InChI=1S/C20H21F3INO3S/c1-11(2)16-8-13(20(21,22)23)9-17(12(3)4)18(16)19(26)25-29(27,28)15-7-5-6-14(24)10-15/h5-12H,1-4H3,(H,25,26). The van der Waals surface area contributed by atoms with Gasteiger partial charge in [-0.1, -0.05) is 33.8 Å². The van der Waals surface area contributed by atoms with E-state index in [2.05, 4.69) is 0 Å². The first-order valence-electron chi connectivity index (χ1n) is 8.81. The van der Waals surface area contributed by atoms with Crippen LogP contribution in [0.1, 0.15) is 66.6 Å². The maximum absolute atomic E-state index is 13.3. The van der Waals surface area contributed by atoms with Crippen LogP contribution >= 0.6 is 22.6 Å². The minimum absolute atomic E-state index is 0.0304. The van der Waals surface area contributed by atoms with Crippen molar-refractivity contribution in [3.05, 3.63) is 62.2 Å². The van der Waals surface area contributed by atoms with E-state index in [0.29, 0.717) is 3.57 Å². The minimum Gasteiger partial charge on any atom is -0.268 e. The lowest BCUT2D eigenvalue weighted by molar-refractivity contribution is -0.137.